The van der Waals surface area contributed by atoms with Crippen molar-refractivity contribution in [1.29, 1.82) is 0 Å². The van der Waals surface area contributed by atoms with Crippen LogP contribution in [0.5, 0.6) is 0 Å². The quantitative estimate of drug-likeness (QED) is 0.381. The molecule has 0 aliphatic carbocycles. The fourth-order valence-corrected chi connectivity index (χ4v) is 2.43. The molecule has 4 N–H and O–H groups in total. The highest BCUT2D eigenvalue weighted by atomic mass is 19.1. The molecule has 0 radical (unpaired) electrons. The molecule has 0 spiro atoms. The van der Waals surface area contributed by atoms with E-state index < -0.39 is 36.6 Å². The predicted molar refractivity (Wildman–Crippen MR) is 44.3 cm³/mol. The molecule has 0 bridgehead atoms. The second kappa shape index (κ2) is 3.39. The molecule has 2 aliphatic rings. The van der Waals surface area contributed by atoms with Crippen molar-refractivity contribution in [2.75, 3.05) is 13.2 Å². The zero-order valence-electron chi connectivity index (χ0n) is 7.49. The van der Waals surface area contributed by atoms with Crippen LogP contribution in [-0.2, 0) is 0 Å². The first kappa shape index (κ1) is 10.3. The number of aliphatic hydroxyl groups is 4. The molecule has 6 atom stereocenters. The second-order valence-corrected chi connectivity index (χ2v) is 3.93. The van der Waals surface area contributed by atoms with Gasteiger partial charge < -0.3 is 20.4 Å². The molecule has 2 saturated heterocycles. The summed E-state index contributed by atoms with van der Waals surface area (Å²) in [5, 5.41) is 37.2. The van der Waals surface area contributed by atoms with Gasteiger partial charge in [0, 0.05) is 6.54 Å². The van der Waals surface area contributed by atoms with Crippen LogP contribution in [0.3, 0.4) is 0 Å². The van der Waals surface area contributed by atoms with Crippen LogP contribution in [-0.4, -0.2) is 75.0 Å². The average molecular weight is 207 g/mol. The summed E-state index contributed by atoms with van der Waals surface area (Å²) < 4.78 is 13.4. The predicted octanol–water partition coefficient (Wildman–Crippen LogP) is -2.53. The van der Waals surface area contributed by atoms with Crippen LogP contribution in [0.15, 0.2) is 0 Å². The zero-order valence-corrected chi connectivity index (χ0v) is 7.49. The number of rotatable bonds is 1. The van der Waals surface area contributed by atoms with E-state index in [2.05, 4.69) is 0 Å². The smallest absolute Gasteiger partial charge is 0.145 e. The summed E-state index contributed by atoms with van der Waals surface area (Å²) in [6, 6.07) is -1.57. The minimum Gasteiger partial charge on any atom is -0.395 e. The van der Waals surface area contributed by atoms with Gasteiger partial charge in [-0.05, 0) is 0 Å². The second-order valence-electron chi connectivity index (χ2n) is 3.93. The van der Waals surface area contributed by atoms with E-state index in [0.717, 1.165) is 0 Å². The molecule has 2 aliphatic heterocycles. The summed E-state index contributed by atoms with van der Waals surface area (Å²) >= 11 is 0. The fourth-order valence-electron chi connectivity index (χ4n) is 2.43. The van der Waals surface area contributed by atoms with Gasteiger partial charge in [-0.3, -0.25) is 4.90 Å². The molecule has 0 amide bonds. The minimum atomic E-state index is -1.56. The van der Waals surface area contributed by atoms with Crippen LogP contribution in [0.25, 0.3) is 0 Å². The SMILES string of the molecule is OC[C@@H]1[C@@H](O)[C@H](O)[C@H]2[C@H](F)[C@H](O)CN21. The van der Waals surface area contributed by atoms with Crippen LogP contribution in [0.4, 0.5) is 4.39 Å². The van der Waals surface area contributed by atoms with E-state index in [1.807, 2.05) is 0 Å². The van der Waals surface area contributed by atoms with Crippen molar-refractivity contribution in [3.63, 3.8) is 0 Å². The van der Waals surface area contributed by atoms with Gasteiger partial charge in [0.2, 0.25) is 0 Å². The lowest BCUT2D eigenvalue weighted by Gasteiger charge is -2.21. The van der Waals surface area contributed by atoms with Crippen molar-refractivity contribution < 1.29 is 24.8 Å². The Kier molecular flexibility index (Phi) is 2.48. The van der Waals surface area contributed by atoms with E-state index in [-0.39, 0.29) is 13.2 Å². The van der Waals surface area contributed by atoms with E-state index >= 15 is 0 Å². The Hall–Kier alpha value is -0.270. The Morgan fingerprint density at radius 1 is 1.21 bits per heavy atom. The fraction of sp³-hybridized carbons (Fsp3) is 1.00. The van der Waals surface area contributed by atoms with Crippen LogP contribution >= 0.6 is 0 Å². The molecular formula is C8H14FNO4. The van der Waals surface area contributed by atoms with E-state index in [4.69, 9.17) is 5.11 Å². The molecule has 5 nitrogen and oxygen atoms in total. The third kappa shape index (κ3) is 1.19. The lowest BCUT2D eigenvalue weighted by atomic mass is 10.0. The van der Waals surface area contributed by atoms with Gasteiger partial charge in [0.25, 0.3) is 0 Å². The average Bonchev–Trinajstić information content (AvgIpc) is 2.54. The molecule has 0 saturated carbocycles. The van der Waals surface area contributed by atoms with Crippen molar-refractivity contribution in [3.8, 4) is 0 Å². The van der Waals surface area contributed by atoms with Gasteiger partial charge in [-0.2, -0.15) is 0 Å². The molecule has 0 aromatic carbocycles. The van der Waals surface area contributed by atoms with Crippen molar-refractivity contribution in [2.45, 2.75) is 36.6 Å². The largest absolute Gasteiger partial charge is 0.395 e. The van der Waals surface area contributed by atoms with Crippen molar-refractivity contribution in [1.82, 2.24) is 4.90 Å². The molecule has 14 heavy (non-hydrogen) atoms. The lowest BCUT2D eigenvalue weighted by molar-refractivity contribution is -0.00627. The zero-order chi connectivity index (χ0) is 10.5. The Morgan fingerprint density at radius 3 is 2.43 bits per heavy atom. The lowest BCUT2D eigenvalue weighted by Crippen LogP contribution is -2.40. The number of hydrogen-bond donors (Lipinski definition) is 4. The first-order valence-corrected chi connectivity index (χ1v) is 4.62. The summed E-state index contributed by atoms with van der Waals surface area (Å²) in [6.45, 7) is -0.306. The molecule has 0 aromatic heterocycles. The van der Waals surface area contributed by atoms with Gasteiger partial charge in [0.15, 0.2) is 0 Å². The number of hydrogen-bond acceptors (Lipinski definition) is 5. The van der Waals surface area contributed by atoms with Gasteiger partial charge in [-0.25, -0.2) is 4.39 Å². The van der Waals surface area contributed by atoms with Gasteiger partial charge >= 0.3 is 0 Å². The van der Waals surface area contributed by atoms with Gasteiger partial charge in [-0.15, -0.1) is 0 Å². The molecule has 2 heterocycles. The molecule has 2 fully saturated rings. The van der Waals surface area contributed by atoms with Crippen molar-refractivity contribution in [3.05, 3.63) is 0 Å². The topological polar surface area (TPSA) is 84.2 Å². The van der Waals surface area contributed by atoms with Crippen molar-refractivity contribution in [2.24, 2.45) is 0 Å². The minimum absolute atomic E-state index is 0.0468. The maximum absolute atomic E-state index is 13.4. The Labute approximate surface area is 80.4 Å². The third-order valence-corrected chi connectivity index (χ3v) is 3.18. The highest BCUT2D eigenvalue weighted by Crippen LogP contribution is 2.34. The maximum Gasteiger partial charge on any atom is 0.145 e. The van der Waals surface area contributed by atoms with Gasteiger partial charge in [0.05, 0.1) is 37.0 Å². The summed E-state index contributed by atoms with van der Waals surface area (Å²) in [7, 11) is 0. The highest BCUT2D eigenvalue weighted by Gasteiger charge is 2.56. The summed E-state index contributed by atoms with van der Waals surface area (Å²) in [4.78, 5) is 1.44. The molecular weight excluding hydrogens is 193 g/mol. The van der Waals surface area contributed by atoms with E-state index in [9.17, 15) is 19.7 Å². The maximum atomic E-state index is 13.4. The molecule has 0 unspecified atom stereocenters. The molecule has 2 rings (SSSR count). The monoisotopic (exact) mass is 207 g/mol. The molecule has 0 aromatic rings. The summed E-state index contributed by atoms with van der Waals surface area (Å²) in [5.41, 5.74) is 0. The third-order valence-electron chi connectivity index (χ3n) is 3.18. The van der Waals surface area contributed by atoms with Gasteiger partial charge in [0.1, 0.15) is 6.17 Å². The van der Waals surface area contributed by atoms with Crippen LogP contribution in [0.2, 0.25) is 0 Å². The standard InChI is InChI=1S/C8H14FNO4/c9-5-4(12)1-10-3(2-11)7(13)8(14)6(5)10/h3-8,11-14H,1-2H2/t3-,4-,5-,6-,7-,8-/m1/s1. The van der Waals surface area contributed by atoms with Crippen LogP contribution in [0, 0.1) is 0 Å². The Bertz CT molecular complexity index is 229. The normalized spacial score (nSPS) is 53.8. The highest BCUT2D eigenvalue weighted by molar-refractivity contribution is 5.09. The first-order valence-electron chi connectivity index (χ1n) is 4.62. The number of halogens is 1. The van der Waals surface area contributed by atoms with E-state index in [1.165, 1.54) is 4.90 Å². The Balaban J connectivity index is 2.21. The number of nitrogens with zero attached hydrogens (tertiary/aromatic N) is 1. The number of fused-ring (bicyclic) bond motifs is 1. The van der Waals surface area contributed by atoms with E-state index in [1.54, 1.807) is 0 Å². The molecule has 82 valence electrons. The van der Waals surface area contributed by atoms with Gasteiger partial charge in [-0.1, -0.05) is 0 Å². The summed E-state index contributed by atoms with van der Waals surface area (Å²) in [5.74, 6) is 0. The van der Waals surface area contributed by atoms with Crippen molar-refractivity contribution >= 4 is 0 Å². The number of aliphatic hydroxyl groups excluding tert-OH is 4. The van der Waals surface area contributed by atoms with Crippen LogP contribution in [0.1, 0.15) is 0 Å². The van der Waals surface area contributed by atoms with Crippen LogP contribution < -0.4 is 0 Å². The Morgan fingerprint density at radius 2 is 1.86 bits per heavy atom. The molecule has 6 heteroatoms. The first-order chi connectivity index (χ1) is 6.57. The summed E-state index contributed by atoms with van der Waals surface area (Å²) in [6.07, 6.45) is -5.08. The van der Waals surface area contributed by atoms with E-state index in [0.29, 0.717) is 0 Å². The number of alkyl halides is 1.